The van der Waals surface area contributed by atoms with Gasteiger partial charge in [0.15, 0.2) is 0 Å². The largest absolute Gasteiger partial charge is 0.380 e. The van der Waals surface area contributed by atoms with Crippen LogP contribution in [-0.2, 0) is 14.3 Å². The van der Waals surface area contributed by atoms with Gasteiger partial charge in [0.2, 0.25) is 11.8 Å². The lowest BCUT2D eigenvalue weighted by molar-refractivity contribution is -0.122. The summed E-state index contributed by atoms with van der Waals surface area (Å²) in [7, 11) is 1.51. The maximum absolute atomic E-state index is 14.6. The van der Waals surface area contributed by atoms with E-state index in [9.17, 15) is 18.8 Å². The number of anilines is 3. The van der Waals surface area contributed by atoms with Crippen molar-refractivity contribution in [2.24, 2.45) is 0 Å². The summed E-state index contributed by atoms with van der Waals surface area (Å²) in [4.78, 5) is 40.2. The van der Waals surface area contributed by atoms with Crippen LogP contribution in [0.25, 0.3) is 0 Å². The summed E-state index contributed by atoms with van der Waals surface area (Å²) in [5, 5.41) is 5.82. The molecule has 2 N–H and O–H groups in total. The molecule has 2 atom stereocenters. The molecule has 0 unspecified atom stereocenters. The third-order valence-corrected chi connectivity index (χ3v) is 5.88. The van der Waals surface area contributed by atoms with E-state index >= 15 is 0 Å². The molecular weight excluding hydrogens is 439 g/mol. The summed E-state index contributed by atoms with van der Waals surface area (Å²) < 4.78 is 19.9. The third-order valence-electron chi connectivity index (χ3n) is 5.63. The van der Waals surface area contributed by atoms with Crippen LogP contribution >= 0.6 is 11.6 Å². The van der Waals surface area contributed by atoms with Gasteiger partial charge in [0.05, 0.1) is 11.8 Å². The molecule has 168 valence electrons. The van der Waals surface area contributed by atoms with Gasteiger partial charge >= 0.3 is 6.03 Å². The molecule has 2 heterocycles. The number of urea groups is 1. The Labute approximate surface area is 189 Å². The number of amides is 4. The lowest BCUT2D eigenvalue weighted by atomic mass is 10.1. The Morgan fingerprint density at radius 3 is 2.50 bits per heavy atom. The molecule has 2 saturated heterocycles. The van der Waals surface area contributed by atoms with Crippen molar-refractivity contribution < 1.29 is 23.5 Å². The van der Waals surface area contributed by atoms with Crippen LogP contribution in [0.3, 0.4) is 0 Å². The molecule has 4 rings (SSSR count). The molecule has 4 amide bonds. The van der Waals surface area contributed by atoms with E-state index in [2.05, 4.69) is 10.6 Å². The van der Waals surface area contributed by atoms with Crippen LogP contribution in [0.1, 0.15) is 12.8 Å². The molecule has 0 aromatic heterocycles. The average molecular weight is 461 g/mol. The maximum atomic E-state index is 14.6. The molecule has 0 spiro atoms. The number of methoxy groups -OCH3 is 1. The minimum absolute atomic E-state index is 0.0225. The van der Waals surface area contributed by atoms with Gasteiger partial charge in [-0.25, -0.2) is 9.18 Å². The van der Waals surface area contributed by atoms with E-state index in [0.717, 1.165) is 0 Å². The molecule has 2 aromatic rings. The lowest BCUT2D eigenvalue weighted by Gasteiger charge is -2.30. The number of rotatable bonds is 5. The Hall–Kier alpha value is -3.17. The highest BCUT2D eigenvalue weighted by Gasteiger charge is 2.40. The summed E-state index contributed by atoms with van der Waals surface area (Å²) in [5.74, 6) is -1.25. The normalized spacial score (nSPS) is 20.2. The zero-order valence-electron chi connectivity index (χ0n) is 17.3. The predicted molar refractivity (Wildman–Crippen MR) is 118 cm³/mol. The summed E-state index contributed by atoms with van der Waals surface area (Å²) in [6, 6.07) is 9.47. The summed E-state index contributed by atoms with van der Waals surface area (Å²) in [5.41, 5.74) is 0.952. The van der Waals surface area contributed by atoms with Gasteiger partial charge in [-0.05, 0) is 42.5 Å². The number of ether oxygens (including phenoxy) is 1. The first-order valence-electron chi connectivity index (χ1n) is 10.1. The van der Waals surface area contributed by atoms with E-state index in [1.165, 1.54) is 29.0 Å². The smallest absolute Gasteiger partial charge is 0.322 e. The first-order chi connectivity index (χ1) is 15.4. The fraction of sp³-hybridized carbons (Fsp3) is 0.318. The monoisotopic (exact) mass is 460 g/mol. The van der Waals surface area contributed by atoms with E-state index in [-0.39, 0.29) is 30.7 Å². The molecule has 8 nitrogen and oxygen atoms in total. The Bertz CT molecular complexity index is 1050. The van der Waals surface area contributed by atoms with Crippen molar-refractivity contribution in [2.75, 3.05) is 35.7 Å². The number of carbonyl (C=O) groups excluding carboxylic acids is 3. The van der Waals surface area contributed by atoms with Crippen LogP contribution in [-0.4, -0.2) is 55.1 Å². The Balaban J connectivity index is 1.46. The van der Waals surface area contributed by atoms with Gasteiger partial charge in [-0.3, -0.25) is 9.59 Å². The maximum Gasteiger partial charge on any atom is 0.322 e. The highest BCUT2D eigenvalue weighted by Crippen LogP contribution is 2.28. The van der Waals surface area contributed by atoms with Crippen molar-refractivity contribution in [3.8, 4) is 0 Å². The predicted octanol–water partition coefficient (Wildman–Crippen LogP) is 3.48. The van der Waals surface area contributed by atoms with E-state index in [4.69, 9.17) is 16.3 Å². The van der Waals surface area contributed by atoms with Crippen LogP contribution in [0.15, 0.2) is 42.5 Å². The number of nitrogens with zero attached hydrogens (tertiary/aromatic N) is 2. The number of nitrogens with one attached hydrogen (secondary N) is 2. The van der Waals surface area contributed by atoms with Crippen molar-refractivity contribution in [1.29, 1.82) is 0 Å². The van der Waals surface area contributed by atoms with Gasteiger partial charge in [0, 0.05) is 49.4 Å². The second kappa shape index (κ2) is 9.13. The van der Waals surface area contributed by atoms with E-state index < -0.39 is 23.8 Å². The first-order valence-corrected chi connectivity index (χ1v) is 10.5. The molecule has 32 heavy (non-hydrogen) atoms. The summed E-state index contributed by atoms with van der Waals surface area (Å²) >= 11 is 5.87. The minimum atomic E-state index is -0.844. The summed E-state index contributed by atoms with van der Waals surface area (Å²) in [6.07, 6.45) is 0.390. The second-order valence-electron chi connectivity index (χ2n) is 7.65. The van der Waals surface area contributed by atoms with Crippen LogP contribution in [0, 0.1) is 5.82 Å². The second-order valence-corrected chi connectivity index (χ2v) is 8.08. The molecule has 2 aromatic carbocycles. The van der Waals surface area contributed by atoms with Crippen LogP contribution in [0.4, 0.5) is 26.2 Å². The molecule has 0 radical (unpaired) electrons. The van der Waals surface area contributed by atoms with Gasteiger partial charge in [-0.2, -0.15) is 0 Å². The molecule has 2 fully saturated rings. The minimum Gasteiger partial charge on any atom is -0.380 e. The van der Waals surface area contributed by atoms with E-state index in [0.29, 0.717) is 29.4 Å². The van der Waals surface area contributed by atoms with Gasteiger partial charge in [0.1, 0.15) is 11.9 Å². The fourth-order valence-electron chi connectivity index (χ4n) is 3.75. The summed E-state index contributed by atoms with van der Waals surface area (Å²) in [6.45, 7) is 0.759. The van der Waals surface area contributed by atoms with Gasteiger partial charge in [-0.15, -0.1) is 0 Å². The molecule has 10 heteroatoms. The topological polar surface area (TPSA) is 91.0 Å². The van der Waals surface area contributed by atoms with Gasteiger partial charge in [0.25, 0.3) is 0 Å². The number of β-lactam (4-membered cyclic amide) rings is 1. The van der Waals surface area contributed by atoms with Crippen molar-refractivity contribution >= 4 is 46.5 Å². The molecule has 0 saturated carbocycles. The standard InChI is InChI=1S/C22H22ClFN4O4/c1-32-16-11-19(28(12-16)22(31)25-14-4-2-13(23)3-5-14)21(30)26-18-7-6-15(10-17(18)24)27-9-8-20(27)29/h2-7,10,16,19H,8-9,11-12H2,1H3,(H,25,31)(H,26,30)/t16-,19-/m1/s1. The van der Waals surface area contributed by atoms with Crippen LogP contribution in [0.2, 0.25) is 5.02 Å². The number of benzene rings is 2. The molecule has 2 aliphatic heterocycles. The van der Waals surface area contributed by atoms with Gasteiger partial charge < -0.3 is 25.2 Å². The molecule has 0 bridgehead atoms. The fourth-order valence-corrected chi connectivity index (χ4v) is 3.87. The highest BCUT2D eigenvalue weighted by atomic mass is 35.5. The number of carbonyl (C=O) groups is 3. The number of hydrogen-bond acceptors (Lipinski definition) is 4. The quantitative estimate of drug-likeness (QED) is 0.668. The van der Waals surface area contributed by atoms with Gasteiger partial charge in [-0.1, -0.05) is 11.6 Å². The Morgan fingerprint density at radius 1 is 1.16 bits per heavy atom. The van der Waals surface area contributed by atoms with Crippen molar-refractivity contribution in [2.45, 2.75) is 25.0 Å². The third kappa shape index (κ3) is 4.53. The Morgan fingerprint density at radius 2 is 1.91 bits per heavy atom. The van der Waals surface area contributed by atoms with Crippen LogP contribution in [0.5, 0.6) is 0 Å². The average Bonchev–Trinajstić information content (AvgIpc) is 3.21. The zero-order chi connectivity index (χ0) is 22.8. The van der Waals surface area contributed by atoms with Crippen molar-refractivity contribution in [3.05, 3.63) is 53.3 Å². The van der Waals surface area contributed by atoms with E-state index in [1.54, 1.807) is 30.3 Å². The zero-order valence-corrected chi connectivity index (χ0v) is 18.1. The van der Waals surface area contributed by atoms with Crippen LogP contribution < -0.4 is 15.5 Å². The number of hydrogen-bond donors (Lipinski definition) is 2. The number of likely N-dealkylation sites (tertiary alicyclic amines) is 1. The molecule has 0 aliphatic carbocycles. The molecular formula is C22H22ClFN4O4. The highest BCUT2D eigenvalue weighted by molar-refractivity contribution is 6.30. The molecule has 2 aliphatic rings. The van der Waals surface area contributed by atoms with Crippen molar-refractivity contribution in [3.63, 3.8) is 0 Å². The first kappa shape index (κ1) is 22.0. The Kier molecular flexibility index (Phi) is 6.29. The van der Waals surface area contributed by atoms with E-state index in [1.807, 2.05) is 0 Å². The van der Waals surface area contributed by atoms with Crippen molar-refractivity contribution in [1.82, 2.24) is 4.90 Å². The SMILES string of the molecule is CO[C@@H]1C[C@H](C(=O)Nc2ccc(N3CCC3=O)cc2F)N(C(=O)Nc2ccc(Cl)cc2)C1. The lowest BCUT2D eigenvalue weighted by Crippen LogP contribution is -2.45. The number of halogens is 2.